The Bertz CT molecular complexity index is 939. The molecule has 0 radical (unpaired) electrons. The van der Waals surface area contributed by atoms with Crippen molar-refractivity contribution in [2.45, 2.75) is 27.2 Å². The van der Waals surface area contributed by atoms with Crippen LogP contribution in [0.4, 0.5) is 11.5 Å². The summed E-state index contributed by atoms with van der Waals surface area (Å²) in [6.07, 6.45) is 0.0387. The third-order valence-electron chi connectivity index (χ3n) is 3.81. The summed E-state index contributed by atoms with van der Waals surface area (Å²) in [5.41, 5.74) is 1.88. The van der Waals surface area contributed by atoms with Crippen LogP contribution in [-0.2, 0) is 16.0 Å². The molecule has 25 heavy (non-hydrogen) atoms. The van der Waals surface area contributed by atoms with Crippen LogP contribution in [0.1, 0.15) is 23.2 Å². The maximum atomic E-state index is 11.8. The van der Waals surface area contributed by atoms with Gasteiger partial charge in [0.25, 0.3) is 0 Å². The highest BCUT2D eigenvalue weighted by Crippen LogP contribution is 2.35. The van der Waals surface area contributed by atoms with Gasteiger partial charge in [-0.15, -0.1) is 11.3 Å². The molecule has 0 aliphatic rings. The molecule has 0 unspecified atom stereocenters. The van der Waals surface area contributed by atoms with Gasteiger partial charge in [0.15, 0.2) is 0 Å². The lowest BCUT2D eigenvalue weighted by Crippen LogP contribution is -2.11. The number of ether oxygens (including phenoxy) is 1. The number of para-hydroxylation sites is 1. The van der Waals surface area contributed by atoms with Crippen LogP contribution in [0.3, 0.4) is 0 Å². The van der Waals surface area contributed by atoms with Gasteiger partial charge < -0.3 is 10.1 Å². The van der Waals surface area contributed by atoms with Gasteiger partial charge in [-0.05, 0) is 38.5 Å². The van der Waals surface area contributed by atoms with Gasteiger partial charge >= 0.3 is 5.97 Å². The van der Waals surface area contributed by atoms with Crippen molar-refractivity contribution in [3.8, 4) is 0 Å². The van der Waals surface area contributed by atoms with E-state index in [2.05, 4.69) is 15.3 Å². The van der Waals surface area contributed by atoms with Crippen LogP contribution in [0.25, 0.3) is 10.2 Å². The van der Waals surface area contributed by atoms with Crippen LogP contribution in [0.2, 0.25) is 5.02 Å². The van der Waals surface area contributed by atoms with Gasteiger partial charge in [0, 0.05) is 4.88 Å². The highest BCUT2D eigenvalue weighted by Gasteiger charge is 2.17. The second-order valence-electron chi connectivity index (χ2n) is 5.54. The molecule has 5 nitrogen and oxygen atoms in total. The topological polar surface area (TPSA) is 64.1 Å². The first kappa shape index (κ1) is 17.6. The van der Waals surface area contributed by atoms with E-state index < -0.39 is 0 Å². The molecule has 0 saturated heterocycles. The standard InChI is InChI=1S/C18H18ClN3O2S/c1-4-24-15(23)9-14-21-17(20-13-8-6-5-7-12(13)19)16-10(2)11(3)25-18(16)22-14/h5-8H,4,9H2,1-3H3,(H,20,21,22). The molecular formula is C18H18ClN3O2S. The van der Waals surface area contributed by atoms with Crippen LogP contribution in [-0.4, -0.2) is 22.5 Å². The molecule has 1 N–H and O–H groups in total. The molecule has 130 valence electrons. The van der Waals surface area contributed by atoms with Gasteiger partial charge in [0.05, 0.1) is 22.7 Å². The van der Waals surface area contributed by atoms with Crippen molar-refractivity contribution in [2.75, 3.05) is 11.9 Å². The molecule has 0 spiro atoms. The number of nitrogens with zero attached hydrogens (tertiary/aromatic N) is 2. The summed E-state index contributed by atoms with van der Waals surface area (Å²) in [7, 11) is 0. The Kier molecular flexibility index (Phi) is 5.20. The quantitative estimate of drug-likeness (QED) is 0.648. The fourth-order valence-corrected chi connectivity index (χ4v) is 3.73. The van der Waals surface area contributed by atoms with Crippen molar-refractivity contribution in [3.63, 3.8) is 0 Å². The number of hydrogen-bond acceptors (Lipinski definition) is 6. The minimum absolute atomic E-state index is 0.0387. The van der Waals surface area contributed by atoms with Crippen LogP contribution in [0, 0.1) is 13.8 Å². The predicted octanol–water partition coefficient (Wildman–Crippen LogP) is 4.81. The van der Waals surface area contributed by atoms with E-state index in [0.29, 0.717) is 23.3 Å². The third kappa shape index (κ3) is 3.75. The van der Waals surface area contributed by atoms with Crippen LogP contribution in [0.5, 0.6) is 0 Å². The van der Waals surface area contributed by atoms with E-state index in [-0.39, 0.29) is 12.4 Å². The van der Waals surface area contributed by atoms with Crippen molar-refractivity contribution in [2.24, 2.45) is 0 Å². The Balaban J connectivity index is 2.07. The summed E-state index contributed by atoms with van der Waals surface area (Å²) in [6.45, 7) is 6.20. The fraction of sp³-hybridized carbons (Fsp3) is 0.278. The lowest BCUT2D eigenvalue weighted by molar-refractivity contribution is -0.142. The molecule has 0 aliphatic carbocycles. The molecule has 0 aliphatic heterocycles. The average molecular weight is 376 g/mol. The number of esters is 1. The molecule has 3 rings (SSSR count). The SMILES string of the molecule is CCOC(=O)Cc1nc(Nc2ccccc2Cl)c2c(C)c(C)sc2n1. The molecule has 2 aromatic heterocycles. The van der Waals surface area contributed by atoms with E-state index >= 15 is 0 Å². The first-order valence-corrected chi connectivity index (χ1v) is 9.12. The van der Waals surface area contributed by atoms with E-state index in [1.165, 1.54) is 4.88 Å². The van der Waals surface area contributed by atoms with Gasteiger partial charge in [-0.2, -0.15) is 0 Å². The Morgan fingerprint density at radius 1 is 1.28 bits per heavy atom. The smallest absolute Gasteiger partial charge is 0.313 e. The van der Waals surface area contributed by atoms with Gasteiger partial charge in [-0.3, -0.25) is 4.79 Å². The molecule has 0 amide bonds. The number of rotatable bonds is 5. The fourth-order valence-electron chi connectivity index (χ4n) is 2.49. The number of carbonyl (C=O) groups excluding carboxylic acids is 1. The van der Waals surface area contributed by atoms with Gasteiger partial charge in [0.1, 0.15) is 22.9 Å². The Labute approximate surface area is 155 Å². The minimum Gasteiger partial charge on any atom is -0.466 e. The molecule has 1 aromatic carbocycles. The largest absolute Gasteiger partial charge is 0.466 e. The Morgan fingerprint density at radius 2 is 2.04 bits per heavy atom. The lowest BCUT2D eigenvalue weighted by atomic mass is 10.2. The molecule has 3 aromatic rings. The second-order valence-corrected chi connectivity index (χ2v) is 7.15. The van der Waals surface area contributed by atoms with E-state index in [4.69, 9.17) is 16.3 Å². The number of nitrogens with one attached hydrogen (secondary N) is 1. The zero-order valence-corrected chi connectivity index (χ0v) is 15.8. The maximum Gasteiger partial charge on any atom is 0.313 e. The van der Waals surface area contributed by atoms with E-state index in [1.807, 2.05) is 38.1 Å². The van der Waals surface area contributed by atoms with Crippen molar-refractivity contribution >= 4 is 50.6 Å². The Morgan fingerprint density at radius 3 is 2.76 bits per heavy atom. The lowest BCUT2D eigenvalue weighted by Gasteiger charge is -2.11. The van der Waals surface area contributed by atoms with E-state index in [9.17, 15) is 4.79 Å². The van der Waals surface area contributed by atoms with Crippen molar-refractivity contribution in [1.29, 1.82) is 0 Å². The molecular weight excluding hydrogens is 358 g/mol. The van der Waals surface area contributed by atoms with Crippen molar-refractivity contribution < 1.29 is 9.53 Å². The highest BCUT2D eigenvalue weighted by molar-refractivity contribution is 7.18. The first-order valence-electron chi connectivity index (χ1n) is 7.93. The summed E-state index contributed by atoms with van der Waals surface area (Å²) in [5.74, 6) is 0.747. The van der Waals surface area contributed by atoms with Crippen LogP contribution in [0.15, 0.2) is 24.3 Å². The summed E-state index contributed by atoms with van der Waals surface area (Å²) in [5, 5.41) is 4.84. The highest BCUT2D eigenvalue weighted by atomic mass is 35.5. The number of halogens is 1. The number of carbonyl (C=O) groups is 1. The number of anilines is 2. The monoisotopic (exact) mass is 375 g/mol. The van der Waals surface area contributed by atoms with Crippen LogP contribution < -0.4 is 5.32 Å². The normalized spacial score (nSPS) is 10.9. The minimum atomic E-state index is -0.337. The summed E-state index contributed by atoms with van der Waals surface area (Å²) < 4.78 is 5.01. The number of aromatic nitrogens is 2. The first-order chi connectivity index (χ1) is 12.0. The Hall–Kier alpha value is -2.18. The van der Waals surface area contributed by atoms with Gasteiger partial charge in [-0.25, -0.2) is 9.97 Å². The summed E-state index contributed by atoms with van der Waals surface area (Å²) in [6, 6.07) is 7.47. The third-order valence-corrected chi connectivity index (χ3v) is 5.24. The zero-order valence-electron chi connectivity index (χ0n) is 14.2. The maximum absolute atomic E-state index is 11.8. The molecule has 7 heteroatoms. The number of aryl methyl sites for hydroxylation is 2. The van der Waals surface area contributed by atoms with Gasteiger partial charge in [-0.1, -0.05) is 23.7 Å². The molecule has 0 saturated carbocycles. The summed E-state index contributed by atoms with van der Waals surface area (Å²) >= 11 is 7.84. The number of thiophene rings is 1. The number of fused-ring (bicyclic) bond motifs is 1. The molecule has 0 bridgehead atoms. The van der Waals surface area contributed by atoms with Crippen molar-refractivity contribution in [3.05, 3.63) is 45.6 Å². The van der Waals surface area contributed by atoms with Crippen LogP contribution >= 0.6 is 22.9 Å². The number of hydrogen-bond donors (Lipinski definition) is 1. The molecule has 2 heterocycles. The molecule has 0 fully saturated rings. The predicted molar refractivity (Wildman–Crippen MR) is 102 cm³/mol. The number of benzene rings is 1. The van der Waals surface area contributed by atoms with E-state index in [0.717, 1.165) is 21.5 Å². The molecule has 0 atom stereocenters. The van der Waals surface area contributed by atoms with Crippen molar-refractivity contribution in [1.82, 2.24) is 9.97 Å². The average Bonchev–Trinajstić information content (AvgIpc) is 2.84. The second kappa shape index (κ2) is 7.37. The zero-order chi connectivity index (χ0) is 18.0. The summed E-state index contributed by atoms with van der Waals surface area (Å²) in [4.78, 5) is 22.9. The van der Waals surface area contributed by atoms with Gasteiger partial charge in [0.2, 0.25) is 0 Å². The van der Waals surface area contributed by atoms with E-state index in [1.54, 1.807) is 18.3 Å².